The lowest BCUT2D eigenvalue weighted by Crippen LogP contribution is -3.00. The van der Waals surface area contributed by atoms with Crippen molar-refractivity contribution in [2.45, 2.75) is 122 Å². The molecular formula is C29H52BrNO7S. The fraction of sp³-hybridized carbons (Fsp3) is 0.828. The van der Waals surface area contributed by atoms with Gasteiger partial charge in [0.15, 0.2) is 25.5 Å². The number of nitrogens with zero attached hydrogens (tertiary/aromatic N) is 1. The van der Waals surface area contributed by atoms with E-state index in [1.54, 1.807) is 11.3 Å². The van der Waals surface area contributed by atoms with E-state index in [-0.39, 0.29) is 36.8 Å². The van der Waals surface area contributed by atoms with Gasteiger partial charge in [0.05, 0.1) is 19.1 Å². The largest absolute Gasteiger partial charge is 1.00 e. The Labute approximate surface area is 250 Å². The van der Waals surface area contributed by atoms with Crippen LogP contribution in [0.25, 0.3) is 0 Å². The molecule has 0 spiro atoms. The third-order valence-corrected chi connectivity index (χ3v) is 7.03. The molecule has 0 N–H and O–H groups in total. The molecule has 10 heteroatoms. The highest BCUT2D eigenvalue weighted by Crippen LogP contribution is 2.13. The molecule has 0 bridgehead atoms. The third kappa shape index (κ3) is 24.2. The number of thiazole rings is 1. The molecule has 228 valence electrons. The minimum atomic E-state index is -0.841. The first-order valence-electron chi connectivity index (χ1n) is 14.7. The van der Waals surface area contributed by atoms with Crippen LogP contribution in [0.3, 0.4) is 0 Å². The molecule has 0 aliphatic rings. The maximum absolute atomic E-state index is 11.8. The lowest BCUT2D eigenvalue weighted by molar-refractivity contribution is -0.693. The Balaban J connectivity index is 0.0000144. The summed E-state index contributed by atoms with van der Waals surface area (Å²) < 4.78 is 27.4. The first-order chi connectivity index (χ1) is 18.7. The van der Waals surface area contributed by atoms with E-state index in [1.807, 2.05) is 21.7 Å². The SMILES string of the molecule is CCCCCCCCCCCCCCCCCCOCC(COC(=O)OCC[n+]1ccsc1)OC(=O)OC.[Br-]. The maximum Gasteiger partial charge on any atom is 0.508 e. The summed E-state index contributed by atoms with van der Waals surface area (Å²) >= 11 is 1.56. The zero-order valence-electron chi connectivity index (χ0n) is 24.2. The normalized spacial score (nSPS) is 11.4. The number of carbonyl (C=O) groups is 2. The Morgan fingerprint density at radius 3 is 1.82 bits per heavy atom. The van der Waals surface area contributed by atoms with Crippen molar-refractivity contribution in [3.05, 3.63) is 17.1 Å². The van der Waals surface area contributed by atoms with Crippen LogP contribution in [0.1, 0.15) is 110 Å². The molecule has 0 saturated carbocycles. The summed E-state index contributed by atoms with van der Waals surface area (Å²) in [5.74, 6) is 0. The zero-order chi connectivity index (χ0) is 27.5. The lowest BCUT2D eigenvalue weighted by atomic mass is 10.0. The molecule has 0 saturated heterocycles. The fourth-order valence-corrected chi connectivity index (χ4v) is 4.72. The van der Waals surface area contributed by atoms with Gasteiger partial charge in [-0.1, -0.05) is 115 Å². The summed E-state index contributed by atoms with van der Waals surface area (Å²) in [6.07, 6.45) is 20.6. The van der Waals surface area contributed by atoms with Crippen LogP contribution in [0.5, 0.6) is 0 Å². The van der Waals surface area contributed by atoms with Crippen molar-refractivity contribution in [2.75, 3.05) is 33.5 Å². The van der Waals surface area contributed by atoms with Crippen molar-refractivity contribution in [1.82, 2.24) is 0 Å². The summed E-state index contributed by atoms with van der Waals surface area (Å²) in [4.78, 5) is 23.3. The quantitative estimate of drug-likeness (QED) is 0.0878. The molecule has 0 amide bonds. The highest BCUT2D eigenvalue weighted by atomic mass is 79.9. The molecule has 0 aromatic carbocycles. The molecule has 1 heterocycles. The van der Waals surface area contributed by atoms with E-state index in [0.29, 0.717) is 13.2 Å². The fourth-order valence-electron chi connectivity index (χ4n) is 4.09. The average Bonchev–Trinajstić information content (AvgIpc) is 3.44. The average molecular weight is 639 g/mol. The number of ether oxygens (including phenoxy) is 5. The summed E-state index contributed by atoms with van der Waals surface area (Å²) in [5.41, 5.74) is 1.92. The van der Waals surface area contributed by atoms with Gasteiger partial charge in [0, 0.05) is 6.61 Å². The van der Waals surface area contributed by atoms with Crippen molar-refractivity contribution in [1.29, 1.82) is 0 Å². The highest BCUT2D eigenvalue weighted by molar-refractivity contribution is 7.07. The van der Waals surface area contributed by atoms with E-state index in [1.165, 1.54) is 97.0 Å². The number of halogens is 1. The Hall–Kier alpha value is -1.39. The van der Waals surface area contributed by atoms with Crippen molar-refractivity contribution in [3.8, 4) is 0 Å². The molecule has 39 heavy (non-hydrogen) atoms. The van der Waals surface area contributed by atoms with Crippen LogP contribution in [0.4, 0.5) is 9.59 Å². The maximum atomic E-state index is 11.8. The Morgan fingerprint density at radius 1 is 0.744 bits per heavy atom. The molecular weight excluding hydrogens is 586 g/mol. The van der Waals surface area contributed by atoms with Crippen LogP contribution in [0.15, 0.2) is 17.1 Å². The summed E-state index contributed by atoms with van der Waals surface area (Å²) in [6, 6.07) is 0. The molecule has 0 fully saturated rings. The van der Waals surface area contributed by atoms with E-state index in [2.05, 4.69) is 11.7 Å². The number of hydrogen-bond acceptors (Lipinski definition) is 8. The third-order valence-electron chi connectivity index (χ3n) is 6.36. The van der Waals surface area contributed by atoms with E-state index in [4.69, 9.17) is 18.9 Å². The van der Waals surface area contributed by atoms with Crippen molar-refractivity contribution in [3.63, 3.8) is 0 Å². The monoisotopic (exact) mass is 637 g/mol. The van der Waals surface area contributed by atoms with E-state index >= 15 is 0 Å². The zero-order valence-corrected chi connectivity index (χ0v) is 26.7. The van der Waals surface area contributed by atoms with Gasteiger partial charge in [0.2, 0.25) is 5.51 Å². The molecule has 1 aromatic heterocycles. The van der Waals surface area contributed by atoms with E-state index < -0.39 is 18.4 Å². The standard InChI is InChI=1S/C29H52NO7S.BrH/c1-3-4-5-6-7-8-9-10-11-12-13-14-15-16-17-18-21-34-24-27(37-28(31)33-2)25-36-29(32)35-22-19-30-20-23-38-26-30;/h20,23,26-27H,3-19,21-22,24-25H2,1-2H3;1H/q+1;/p-1. The van der Waals surface area contributed by atoms with Crippen LogP contribution in [-0.2, 0) is 30.2 Å². The smallest absolute Gasteiger partial charge is 0.508 e. The first kappa shape index (κ1) is 37.6. The summed E-state index contributed by atoms with van der Waals surface area (Å²) in [5, 5.41) is 1.94. The number of carbonyl (C=O) groups excluding carboxylic acids is 2. The predicted molar refractivity (Wildman–Crippen MR) is 149 cm³/mol. The summed E-state index contributed by atoms with van der Waals surface area (Å²) in [6.45, 7) is 3.56. The highest BCUT2D eigenvalue weighted by Gasteiger charge is 2.18. The van der Waals surface area contributed by atoms with Crippen molar-refractivity contribution in [2.24, 2.45) is 0 Å². The minimum Gasteiger partial charge on any atom is -1.00 e. The van der Waals surface area contributed by atoms with Gasteiger partial charge >= 0.3 is 12.3 Å². The second-order valence-corrected chi connectivity index (χ2v) is 10.5. The van der Waals surface area contributed by atoms with Crippen molar-refractivity contribution >= 4 is 23.6 Å². The molecule has 0 radical (unpaired) electrons. The molecule has 1 aromatic rings. The second kappa shape index (κ2) is 28.1. The van der Waals surface area contributed by atoms with Gasteiger partial charge in [0.25, 0.3) is 0 Å². The molecule has 8 nitrogen and oxygen atoms in total. The van der Waals surface area contributed by atoms with Gasteiger partial charge in [-0.15, -0.1) is 0 Å². The second-order valence-electron chi connectivity index (χ2n) is 9.75. The summed E-state index contributed by atoms with van der Waals surface area (Å²) in [7, 11) is 1.23. The van der Waals surface area contributed by atoms with Gasteiger partial charge in [-0.3, -0.25) is 0 Å². The number of rotatable bonds is 25. The first-order valence-corrected chi connectivity index (χ1v) is 15.6. The minimum absolute atomic E-state index is 0. The topological polar surface area (TPSA) is 84.2 Å². The van der Waals surface area contributed by atoms with Crippen LogP contribution in [-0.4, -0.2) is 52.0 Å². The molecule has 1 unspecified atom stereocenters. The van der Waals surface area contributed by atoms with Crippen LogP contribution in [0.2, 0.25) is 0 Å². The van der Waals surface area contributed by atoms with Gasteiger partial charge in [-0.25, -0.2) is 9.59 Å². The number of methoxy groups -OCH3 is 1. The van der Waals surface area contributed by atoms with Crippen LogP contribution in [0, 0.1) is 0 Å². The molecule has 0 aliphatic heterocycles. The molecule has 1 atom stereocenters. The van der Waals surface area contributed by atoms with E-state index in [9.17, 15) is 9.59 Å². The lowest BCUT2D eigenvalue weighted by Gasteiger charge is -2.17. The van der Waals surface area contributed by atoms with Gasteiger partial charge < -0.3 is 40.7 Å². The van der Waals surface area contributed by atoms with Gasteiger partial charge in [0.1, 0.15) is 6.61 Å². The molecule has 0 aliphatic carbocycles. The van der Waals surface area contributed by atoms with Gasteiger partial charge in [-0.05, 0) is 6.42 Å². The van der Waals surface area contributed by atoms with Crippen molar-refractivity contribution < 1.29 is 54.8 Å². The van der Waals surface area contributed by atoms with E-state index in [0.717, 1.165) is 12.8 Å². The molecule has 1 rings (SSSR count). The number of unbranched alkanes of at least 4 members (excludes halogenated alkanes) is 15. The number of hydrogen-bond donors (Lipinski definition) is 0. The number of aromatic nitrogens is 1. The van der Waals surface area contributed by atoms with Gasteiger partial charge in [-0.2, -0.15) is 4.57 Å². The Bertz CT molecular complexity index is 679. The Kier molecular flexibility index (Phi) is 27.1. The van der Waals surface area contributed by atoms with Crippen LogP contribution < -0.4 is 21.5 Å². The predicted octanol–water partition coefficient (Wildman–Crippen LogP) is 4.62. The van der Waals surface area contributed by atoms with Crippen LogP contribution >= 0.6 is 11.3 Å². The Morgan fingerprint density at radius 2 is 1.31 bits per heavy atom.